The number of nitrogens with zero attached hydrogens (tertiary/aromatic N) is 2. The third kappa shape index (κ3) is 3.78. The van der Waals surface area contributed by atoms with E-state index in [1.165, 1.54) is 0 Å². The van der Waals surface area contributed by atoms with E-state index in [0.29, 0.717) is 19.1 Å². The average Bonchev–Trinajstić information content (AvgIpc) is 2.40. The van der Waals surface area contributed by atoms with Gasteiger partial charge < -0.3 is 10.6 Å². The lowest BCUT2D eigenvalue weighted by Crippen LogP contribution is -2.52. The number of nitrogens with one attached hydrogen (secondary N) is 2. The van der Waals surface area contributed by atoms with E-state index in [4.69, 9.17) is 0 Å². The van der Waals surface area contributed by atoms with Crippen molar-refractivity contribution in [2.24, 2.45) is 0 Å². The van der Waals surface area contributed by atoms with Gasteiger partial charge in [-0.3, -0.25) is 14.7 Å². The monoisotopic (exact) mass is 248 g/mol. The molecule has 1 amide bonds. The molecule has 0 radical (unpaired) electrons. The molecule has 0 saturated carbocycles. The second kappa shape index (κ2) is 6.47. The first-order valence-corrected chi connectivity index (χ1v) is 6.36. The molecular weight excluding hydrogens is 228 g/mol. The molecule has 0 unspecified atom stereocenters. The minimum absolute atomic E-state index is 0.0765. The van der Waals surface area contributed by atoms with Gasteiger partial charge in [-0.15, -0.1) is 0 Å². The van der Waals surface area contributed by atoms with Crippen LogP contribution in [-0.2, 0) is 11.3 Å². The quantitative estimate of drug-likeness (QED) is 0.787. The van der Waals surface area contributed by atoms with Crippen LogP contribution in [0.5, 0.6) is 0 Å². The first-order chi connectivity index (χ1) is 8.75. The van der Waals surface area contributed by atoms with E-state index in [9.17, 15) is 4.79 Å². The van der Waals surface area contributed by atoms with Gasteiger partial charge in [-0.2, -0.15) is 0 Å². The Balaban J connectivity index is 1.75. The number of amides is 1. The number of hydrogen-bond donors (Lipinski definition) is 2. The number of carbonyl (C=O) groups is 1. The first kappa shape index (κ1) is 13.0. The lowest BCUT2D eigenvalue weighted by atomic mass is 10.2. The van der Waals surface area contributed by atoms with Crippen LogP contribution in [0.15, 0.2) is 24.5 Å². The van der Waals surface area contributed by atoms with Crippen LogP contribution < -0.4 is 10.6 Å². The van der Waals surface area contributed by atoms with E-state index < -0.39 is 0 Å². The summed E-state index contributed by atoms with van der Waals surface area (Å²) >= 11 is 0. The fourth-order valence-electron chi connectivity index (χ4n) is 2.06. The maximum Gasteiger partial charge on any atom is 0.234 e. The maximum absolute atomic E-state index is 11.8. The molecule has 5 heteroatoms. The predicted octanol–water partition coefficient (Wildman–Crippen LogP) is -0.00850. The number of hydrogen-bond acceptors (Lipinski definition) is 4. The van der Waals surface area contributed by atoms with E-state index >= 15 is 0 Å². The fourth-order valence-corrected chi connectivity index (χ4v) is 2.06. The van der Waals surface area contributed by atoms with Gasteiger partial charge >= 0.3 is 0 Å². The average molecular weight is 248 g/mol. The van der Waals surface area contributed by atoms with E-state index in [1.54, 1.807) is 12.4 Å². The van der Waals surface area contributed by atoms with E-state index in [-0.39, 0.29) is 5.91 Å². The normalized spacial score (nSPS) is 20.6. The second-order valence-electron chi connectivity index (χ2n) is 4.66. The molecule has 1 aromatic heterocycles. The highest BCUT2D eigenvalue weighted by atomic mass is 16.2. The fraction of sp³-hybridized carbons (Fsp3) is 0.538. The van der Waals surface area contributed by atoms with Crippen molar-refractivity contribution < 1.29 is 4.79 Å². The number of carbonyl (C=O) groups excluding carboxylic acids is 1. The van der Waals surface area contributed by atoms with Crippen molar-refractivity contribution in [3.8, 4) is 0 Å². The highest BCUT2D eigenvalue weighted by molar-refractivity contribution is 5.78. The Morgan fingerprint density at radius 1 is 1.67 bits per heavy atom. The number of rotatable bonds is 4. The van der Waals surface area contributed by atoms with Crippen molar-refractivity contribution in [3.63, 3.8) is 0 Å². The summed E-state index contributed by atoms with van der Waals surface area (Å²) in [7, 11) is 0. The minimum Gasteiger partial charge on any atom is -0.351 e. The lowest BCUT2D eigenvalue weighted by Gasteiger charge is -2.33. The van der Waals surface area contributed by atoms with Gasteiger partial charge in [0.15, 0.2) is 0 Å². The van der Waals surface area contributed by atoms with Gasteiger partial charge in [0.2, 0.25) is 5.91 Å². The van der Waals surface area contributed by atoms with Crippen molar-refractivity contribution in [1.29, 1.82) is 0 Å². The van der Waals surface area contributed by atoms with Crippen molar-refractivity contribution >= 4 is 5.91 Å². The maximum atomic E-state index is 11.8. The molecule has 0 aromatic carbocycles. The van der Waals surface area contributed by atoms with Crippen molar-refractivity contribution in [1.82, 2.24) is 20.5 Å². The number of aromatic nitrogens is 1. The third-order valence-electron chi connectivity index (χ3n) is 3.20. The Morgan fingerprint density at radius 2 is 2.56 bits per heavy atom. The van der Waals surface area contributed by atoms with Gasteiger partial charge in [-0.05, 0) is 18.6 Å². The SMILES string of the molecule is C[C@H]1CNCCN1CC(=O)NCc1cccnc1. The summed E-state index contributed by atoms with van der Waals surface area (Å²) in [4.78, 5) is 18.1. The minimum atomic E-state index is 0.0765. The molecule has 1 aliphatic heterocycles. The molecule has 1 aromatic rings. The van der Waals surface area contributed by atoms with Crippen LogP contribution in [0.2, 0.25) is 0 Å². The summed E-state index contributed by atoms with van der Waals surface area (Å²) in [5, 5.41) is 6.24. The molecule has 0 bridgehead atoms. The molecule has 5 nitrogen and oxygen atoms in total. The van der Waals surface area contributed by atoms with E-state index in [2.05, 4.69) is 27.4 Å². The molecule has 1 atom stereocenters. The Kier molecular flexibility index (Phi) is 4.66. The molecule has 1 aliphatic rings. The Hall–Kier alpha value is -1.46. The van der Waals surface area contributed by atoms with Crippen LogP contribution in [0, 0.1) is 0 Å². The molecular formula is C13H20N4O. The highest BCUT2D eigenvalue weighted by Crippen LogP contribution is 2.01. The van der Waals surface area contributed by atoms with Gasteiger partial charge in [0, 0.05) is 44.6 Å². The predicted molar refractivity (Wildman–Crippen MR) is 70.0 cm³/mol. The van der Waals surface area contributed by atoms with Gasteiger partial charge in [-0.1, -0.05) is 6.07 Å². The summed E-state index contributed by atoms with van der Waals surface area (Å²) in [5.41, 5.74) is 1.03. The number of pyridine rings is 1. The van der Waals surface area contributed by atoms with Gasteiger partial charge in [0.1, 0.15) is 0 Å². The zero-order valence-corrected chi connectivity index (χ0v) is 10.7. The molecule has 1 fully saturated rings. The van der Waals surface area contributed by atoms with Crippen molar-refractivity contribution in [2.75, 3.05) is 26.2 Å². The van der Waals surface area contributed by atoms with Crippen molar-refractivity contribution in [3.05, 3.63) is 30.1 Å². The standard InChI is InChI=1S/C13H20N4O/c1-11-7-15-5-6-17(11)10-13(18)16-9-12-3-2-4-14-8-12/h2-4,8,11,15H,5-7,9-10H2,1H3,(H,16,18)/t11-/m0/s1. The molecule has 0 aliphatic carbocycles. The number of piperazine rings is 1. The third-order valence-corrected chi connectivity index (χ3v) is 3.20. The topological polar surface area (TPSA) is 57.3 Å². The van der Waals surface area contributed by atoms with Gasteiger partial charge in [0.25, 0.3) is 0 Å². The summed E-state index contributed by atoms with van der Waals surface area (Å²) in [6.45, 7) is 6.01. The molecule has 0 spiro atoms. The molecule has 18 heavy (non-hydrogen) atoms. The Bertz CT molecular complexity index is 382. The van der Waals surface area contributed by atoms with Crippen molar-refractivity contribution in [2.45, 2.75) is 19.5 Å². The van der Waals surface area contributed by atoms with E-state index in [1.807, 2.05) is 12.1 Å². The summed E-state index contributed by atoms with van der Waals surface area (Å²) in [5.74, 6) is 0.0765. The highest BCUT2D eigenvalue weighted by Gasteiger charge is 2.19. The van der Waals surface area contributed by atoms with Gasteiger partial charge in [0.05, 0.1) is 6.54 Å². The summed E-state index contributed by atoms with van der Waals surface area (Å²) < 4.78 is 0. The van der Waals surface area contributed by atoms with Crippen LogP contribution in [0.4, 0.5) is 0 Å². The summed E-state index contributed by atoms with van der Waals surface area (Å²) in [6.07, 6.45) is 3.50. The Morgan fingerprint density at radius 3 is 3.28 bits per heavy atom. The Labute approximate surface area is 108 Å². The van der Waals surface area contributed by atoms with Crippen LogP contribution in [0.1, 0.15) is 12.5 Å². The largest absolute Gasteiger partial charge is 0.351 e. The summed E-state index contributed by atoms with van der Waals surface area (Å²) in [6, 6.07) is 4.25. The molecule has 2 rings (SSSR count). The molecule has 98 valence electrons. The zero-order valence-electron chi connectivity index (χ0n) is 10.7. The van der Waals surface area contributed by atoms with Crippen LogP contribution in [0.3, 0.4) is 0 Å². The van der Waals surface area contributed by atoms with Crippen LogP contribution in [-0.4, -0.2) is 48.0 Å². The molecule has 2 N–H and O–H groups in total. The molecule has 2 heterocycles. The zero-order chi connectivity index (χ0) is 12.8. The lowest BCUT2D eigenvalue weighted by molar-refractivity contribution is -0.123. The smallest absolute Gasteiger partial charge is 0.234 e. The van der Waals surface area contributed by atoms with Crippen LogP contribution in [0.25, 0.3) is 0 Å². The second-order valence-corrected chi connectivity index (χ2v) is 4.66. The van der Waals surface area contributed by atoms with E-state index in [0.717, 1.165) is 25.2 Å². The van der Waals surface area contributed by atoms with Gasteiger partial charge in [-0.25, -0.2) is 0 Å². The molecule has 1 saturated heterocycles. The first-order valence-electron chi connectivity index (χ1n) is 6.36. The van der Waals surface area contributed by atoms with Crippen LogP contribution >= 0.6 is 0 Å².